The van der Waals surface area contributed by atoms with E-state index in [2.05, 4.69) is 19.9 Å². The zero-order valence-electron chi connectivity index (χ0n) is 10.5. The van der Waals surface area contributed by atoms with Gasteiger partial charge in [-0.2, -0.15) is 5.10 Å². The minimum Gasteiger partial charge on any atom is -0.359 e. The van der Waals surface area contributed by atoms with Gasteiger partial charge < -0.3 is 5.21 Å². The van der Waals surface area contributed by atoms with Crippen LogP contribution in [0.25, 0.3) is 0 Å². The summed E-state index contributed by atoms with van der Waals surface area (Å²) in [5.41, 5.74) is 1.73. The van der Waals surface area contributed by atoms with Crippen molar-refractivity contribution in [2.45, 2.75) is 13.0 Å². The van der Waals surface area contributed by atoms with E-state index < -0.39 is 6.04 Å². The maximum Gasteiger partial charge on any atom is 0.249 e. The van der Waals surface area contributed by atoms with E-state index in [1.165, 1.54) is 6.33 Å². The molecule has 0 aliphatic rings. The molecule has 0 amide bonds. The lowest BCUT2D eigenvalue weighted by Gasteiger charge is -2.12. The van der Waals surface area contributed by atoms with Crippen molar-refractivity contribution in [2.24, 2.45) is 0 Å². The van der Waals surface area contributed by atoms with Gasteiger partial charge in [-0.25, -0.2) is 9.67 Å². The summed E-state index contributed by atoms with van der Waals surface area (Å²) in [6.45, 7) is 1.64. The Morgan fingerprint density at radius 3 is 2.65 bits per heavy atom. The van der Waals surface area contributed by atoms with Gasteiger partial charge in [0, 0.05) is 17.1 Å². The lowest BCUT2D eigenvalue weighted by atomic mass is 10.0. The molecule has 0 saturated heterocycles. The standard InChI is InChI=1S/C12H10ClN5O2/c1-8-11(16-20-18(8)19)12(17-7-14-6-15-17)9-2-4-10(13)5-3-9/h2-7,12H,1H3. The van der Waals surface area contributed by atoms with Crippen molar-refractivity contribution in [1.82, 2.24) is 19.9 Å². The topological polar surface area (TPSA) is 83.7 Å². The van der Waals surface area contributed by atoms with Crippen molar-refractivity contribution in [2.75, 3.05) is 0 Å². The lowest BCUT2D eigenvalue weighted by molar-refractivity contribution is -0.806. The maximum absolute atomic E-state index is 11.4. The number of benzene rings is 1. The second-order valence-corrected chi connectivity index (χ2v) is 4.67. The second kappa shape index (κ2) is 4.93. The van der Waals surface area contributed by atoms with Gasteiger partial charge in [-0.1, -0.05) is 23.7 Å². The Balaban J connectivity index is 2.14. The highest BCUT2D eigenvalue weighted by Gasteiger charge is 2.29. The largest absolute Gasteiger partial charge is 0.359 e. The van der Waals surface area contributed by atoms with Crippen LogP contribution in [0.2, 0.25) is 5.02 Å². The Hall–Kier alpha value is -2.41. The van der Waals surface area contributed by atoms with E-state index >= 15 is 0 Å². The van der Waals surface area contributed by atoms with E-state index in [0.29, 0.717) is 21.3 Å². The molecule has 7 nitrogen and oxygen atoms in total. The van der Waals surface area contributed by atoms with Crippen molar-refractivity contribution < 1.29 is 9.53 Å². The fraction of sp³-hybridized carbons (Fsp3) is 0.167. The molecule has 1 atom stereocenters. The molecule has 3 aromatic rings. The van der Waals surface area contributed by atoms with Crippen LogP contribution in [0.4, 0.5) is 0 Å². The molecule has 0 bridgehead atoms. The Kier molecular flexibility index (Phi) is 3.11. The van der Waals surface area contributed by atoms with Gasteiger partial charge >= 0.3 is 0 Å². The molecule has 0 aliphatic carbocycles. The summed E-state index contributed by atoms with van der Waals surface area (Å²) in [5.74, 6) is 0. The molecule has 0 fully saturated rings. The predicted molar refractivity (Wildman–Crippen MR) is 68.9 cm³/mol. The van der Waals surface area contributed by atoms with Crippen LogP contribution < -0.4 is 4.90 Å². The number of aromatic nitrogens is 5. The van der Waals surface area contributed by atoms with Crippen LogP contribution >= 0.6 is 11.6 Å². The first-order valence-corrected chi connectivity index (χ1v) is 6.20. The van der Waals surface area contributed by atoms with Gasteiger partial charge in [-0.05, 0) is 22.6 Å². The predicted octanol–water partition coefficient (Wildman–Crippen LogP) is 1.50. The number of nitrogens with zero attached hydrogens (tertiary/aromatic N) is 5. The molecule has 2 aromatic heterocycles. The van der Waals surface area contributed by atoms with E-state index in [-0.39, 0.29) is 0 Å². The van der Waals surface area contributed by atoms with E-state index in [1.807, 2.05) is 12.1 Å². The van der Waals surface area contributed by atoms with Crippen LogP contribution in [0.1, 0.15) is 23.0 Å². The van der Waals surface area contributed by atoms with Gasteiger partial charge in [0.15, 0.2) is 11.7 Å². The molecule has 2 heterocycles. The minimum absolute atomic E-state index is 0.370. The Bertz CT molecular complexity index is 708. The smallest absolute Gasteiger partial charge is 0.249 e. The average Bonchev–Trinajstić information content (AvgIpc) is 3.07. The quantitative estimate of drug-likeness (QED) is 0.683. The zero-order valence-corrected chi connectivity index (χ0v) is 11.2. The van der Waals surface area contributed by atoms with Gasteiger partial charge in [0.2, 0.25) is 5.69 Å². The Morgan fingerprint density at radius 2 is 2.10 bits per heavy atom. The van der Waals surface area contributed by atoms with Crippen molar-refractivity contribution in [3.8, 4) is 0 Å². The summed E-state index contributed by atoms with van der Waals surface area (Å²) >= 11 is 5.90. The molecular formula is C12H10ClN5O2. The summed E-state index contributed by atoms with van der Waals surface area (Å²) in [6.07, 6.45) is 2.98. The summed E-state index contributed by atoms with van der Waals surface area (Å²) < 4.78 is 6.25. The third-order valence-corrected chi connectivity index (χ3v) is 3.26. The zero-order chi connectivity index (χ0) is 14.1. The molecule has 0 N–H and O–H groups in total. The van der Waals surface area contributed by atoms with Crippen LogP contribution in [0.15, 0.2) is 41.5 Å². The SMILES string of the molecule is Cc1c(C(c2ccc(Cl)cc2)n2cncn2)no[n+]1[O-]. The highest BCUT2D eigenvalue weighted by molar-refractivity contribution is 6.30. The van der Waals surface area contributed by atoms with E-state index in [0.717, 1.165) is 5.56 Å². The molecule has 3 rings (SSSR count). The van der Waals surface area contributed by atoms with Gasteiger partial charge in [-0.15, -0.1) is 0 Å². The second-order valence-electron chi connectivity index (χ2n) is 4.23. The minimum atomic E-state index is -0.395. The highest BCUT2D eigenvalue weighted by Crippen LogP contribution is 2.26. The first kappa shape index (κ1) is 12.6. The first-order valence-electron chi connectivity index (χ1n) is 5.82. The molecule has 0 radical (unpaired) electrons. The molecule has 102 valence electrons. The van der Waals surface area contributed by atoms with Crippen molar-refractivity contribution in [3.63, 3.8) is 0 Å². The van der Waals surface area contributed by atoms with Gasteiger partial charge in [-0.3, -0.25) is 4.63 Å². The molecule has 0 aliphatic heterocycles. The highest BCUT2D eigenvalue weighted by atomic mass is 35.5. The third-order valence-electron chi connectivity index (χ3n) is 3.00. The van der Waals surface area contributed by atoms with E-state index in [4.69, 9.17) is 11.6 Å². The van der Waals surface area contributed by atoms with Crippen LogP contribution in [0.3, 0.4) is 0 Å². The average molecular weight is 292 g/mol. The number of halogens is 1. The molecule has 0 spiro atoms. The normalized spacial score (nSPS) is 12.5. The molecule has 1 unspecified atom stereocenters. The van der Waals surface area contributed by atoms with Crippen molar-refractivity contribution >= 4 is 11.6 Å². The van der Waals surface area contributed by atoms with Crippen LogP contribution in [0, 0.1) is 12.1 Å². The van der Waals surface area contributed by atoms with Crippen molar-refractivity contribution in [1.29, 1.82) is 0 Å². The summed E-state index contributed by atoms with van der Waals surface area (Å²) in [7, 11) is 0. The molecule has 20 heavy (non-hydrogen) atoms. The summed E-state index contributed by atoms with van der Waals surface area (Å²) in [4.78, 5) is 4.30. The summed E-state index contributed by atoms with van der Waals surface area (Å²) in [5, 5.41) is 20.0. The van der Waals surface area contributed by atoms with Gasteiger partial charge in [0.25, 0.3) is 0 Å². The van der Waals surface area contributed by atoms with Crippen LogP contribution in [-0.4, -0.2) is 19.9 Å². The lowest BCUT2D eigenvalue weighted by Crippen LogP contribution is -2.27. The van der Waals surface area contributed by atoms with Gasteiger partial charge in [0.1, 0.15) is 12.7 Å². The Labute approximate surface area is 119 Å². The van der Waals surface area contributed by atoms with Gasteiger partial charge in [0.05, 0.1) is 0 Å². The third kappa shape index (κ3) is 2.12. The molecule has 1 aromatic carbocycles. The summed E-state index contributed by atoms with van der Waals surface area (Å²) in [6, 6.07) is 6.83. The molecular weight excluding hydrogens is 282 g/mol. The van der Waals surface area contributed by atoms with Crippen molar-refractivity contribution in [3.05, 3.63) is 64.1 Å². The van der Waals surface area contributed by atoms with E-state index in [1.54, 1.807) is 30.1 Å². The fourth-order valence-electron chi connectivity index (χ4n) is 1.98. The number of hydrogen-bond donors (Lipinski definition) is 0. The first-order chi connectivity index (χ1) is 9.66. The molecule has 0 saturated carbocycles. The van der Waals surface area contributed by atoms with Crippen LogP contribution in [-0.2, 0) is 0 Å². The molecule has 8 heteroatoms. The van der Waals surface area contributed by atoms with Crippen LogP contribution in [0.5, 0.6) is 0 Å². The van der Waals surface area contributed by atoms with E-state index in [9.17, 15) is 5.21 Å². The maximum atomic E-state index is 11.4. The number of hydrogen-bond acceptors (Lipinski definition) is 5. The Morgan fingerprint density at radius 1 is 1.35 bits per heavy atom. The monoisotopic (exact) mass is 291 g/mol. The number of rotatable bonds is 3. The fourth-order valence-corrected chi connectivity index (χ4v) is 2.11.